The van der Waals surface area contributed by atoms with E-state index in [1.165, 1.54) is 22.5 Å². The average Bonchev–Trinajstić information content (AvgIpc) is 3.10. The molecule has 1 unspecified atom stereocenters. The SMILES string of the molecule is O=[N+]([O-])c1cccc(S(=O)(=O)N2CCC3(CCNC3)C2)c1. The first-order valence-electron chi connectivity index (χ1n) is 6.88. The number of non-ortho nitro benzene ring substituents is 1. The first-order chi connectivity index (χ1) is 9.93. The molecule has 1 aromatic rings. The van der Waals surface area contributed by atoms with Gasteiger partial charge in [-0.25, -0.2) is 8.42 Å². The summed E-state index contributed by atoms with van der Waals surface area (Å²) >= 11 is 0. The summed E-state index contributed by atoms with van der Waals surface area (Å²) in [6.07, 6.45) is 1.82. The third-order valence-corrected chi connectivity index (χ3v) is 6.24. The number of sulfonamides is 1. The molecule has 1 atom stereocenters. The Kier molecular flexibility index (Phi) is 3.46. The first kappa shape index (κ1) is 14.4. The summed E-state index contributed by atoms with van der Waals surface area (Å²) in [5.41, 5.74) is -0.166. The Morgan fingerprint density at radius 1 is 1.33 bits per heavy atom. The molecule has 3 rings (SSSR count). The molecule has 2 fully saturated rings. The van der Waals surface area contributed by atoms with E-state index in [0.29, 0.717) is 13.1 Å². The van der Waals surface area contributed by atoms with Crippen molar-refractivity contribution in [3.8, 4) is 0 Å². The smallest absolute Gasteiger partial charge is 0.270 e. The highest BCUT2D eigenvalue weighted by molar-refractivity contribution is 7.89. The van der Waals surface area contributed by atoms with Crippen molar-refractivity contribution >= 4 is 15.7 Å². The number of nitro groups is 1. The van der Waals surface area contributed by atoms with Crippen LogP contribution in [-0.2, 0) is 10.0 Å². The molecule has 8 heteroatoms. The van der Waals surface area contributed by atoms with Crippen molar-refractivity contribution in [2.75, 3.05) is 26.2 Å². The number of rotatable bonds is 3. The molecule has 7 nitrogen and oxygen atoms in total. The molecule has 2 saturated heterocycles. The molecule has 0 aliphatic carbocycles. The minimum Gasteiger partial charge on any atom is -0.316 e. The summed E-state index contributed by atoms with van der Waals surface area (Å²) in [6.45, 7) is 2.73. The predicted molar refractivity (Wildman–Crippen MR) is 76.4 cm³/mol. The molecule has 2 aliphatic rings. The van der Waals surface area contributed by atoms with Crippen LogP contribution in [0.15, 0.2) is 29.2 Å². The first-order valence-corrected chi connectivity index (χ1v) is 8.32. The van der Waals surface area contributed by atoms with E-state index in [0.717, 1.165) is 32.0 Å². The van der Waals surface area contributed by atoms with Crippen LogP contribution < -0.4 is 5.32 Å². The van der Waals surface area contributed by atoms with Gasteiger partial charge in [-0.2, -0.15) is 4.31 Å². The van der Waals surface area contributed by atoms with Crippen molar-refractivity contribution in [1.82, 2.24) is 9.62 Å². The molecule has 0 aromatic heterocycles. The lowest BCUT2D eigenvalue weighted by Gasteiger charge is -2.22. The third-order valence-electron chi connectivity index (χ3n) is 4.40. The van der Waals surface area contributed by atoms with Crippen LogP contribution in [0.3, 0.4) is 0 Å². The van der Waals surface area contributed by atoms with Crippen molar-refractivity contribution in [3.63, 3.8) is 0 Å². The van der Waals surface area contributed by atoms with E-state index in [1.807, 2.05) is 0 Å². The maximum atomic E-state index is 12.6. The molecule has 1 spiro atoms. The van der Waals surface area contributed by atoms with Crippen LogP contribution in [0.2, 0.25) is 0 Å². The summed E-state index contributed by atoms with van der Waals surface area (Å²) in [7, 11) is -3.66. The Labute approximate surface area is 123 Å². The minimum atomic E-state index is -3.66. The summed E-state index contributed by atoms with van der Waals surface area (Å²) in [5, 5.41) is 14.1. The highest BCUT2D eigenvalue weighted by Gasteiger charge is 2.44. The second kappa shape index (κ2) is 5.04. The number of hydrogen-bond donors (Lipinski definition) is 1. The van der Waals surface area contributed by atoms with E-state index in [2.05, 4.69) is 5.32 Å². The van der Waals surface area contributed by atoms with Crippen LogP contribution in [0.4, 0.5) is 5.69 Å². The normalized spacial score (nSPS) is 26.5. The molecule has 2 heterocycles. The van der Waals surface area contributed by atoms with Crippen molar-refractivity contribution in [2.24, 2.45) is 5.41 Å². The van der Waals surface area contributed by atoms with Crippen molar-refractivity contribution in [1.29, 1.82) is 0 Å². The Morgan fingerprint density at radius 2 is 2.14 bits per heavy atom. The van der Waals surface area contributed by atoms with Crippen LogP contribution in [0.5, 0.6) is 0 Å². The number of nitrogens with one attached hydrogen (secondary N) is 1. The van der Waals surface area contributed by atoms with Gasteiger partial charge in [0.25, 0.3) is 5.69 Å². The summed E-state index contributed by atoms with van der Waals surface area (Å²) < 4.78 is 26.7. The van der Waals surface area contributed by atoms with Gasteiger partial charge in [0.2, 0.25) is 10.0 Å². The van der Waals surface area contributed by atoms with Gasteiger partial charge in [-0.15, -0.1) is 0 Å². The number of hydrogen-bond acceptors (Lipinski definition) is 5. The topological polar surface area (TPSA) is 92.5 Å². The van der Waals surface area contributed by atoms with Crippen LogP contribution in [0.25, 0.3) is 0 Å². The Balaban J connectivity index is 1.87. The second-order valence-corrected chi connectivity index (χ2v) is 7.71. The lowest BCUT2D eigenvalue weighted by Crippen LogP contribution is -2.33. The maximum Gasteiger partial charge on any atom is 0.270 e. The molecule has 21 heavy (non-hydrogen) atoms. The third kappa shape index (κ3) is 2.54. The molecule has 0 amide bonds. The molecule has 0 saturated carbocycles. The van der Waals surface area contributed by atoms with E-state index in [1.54, 1.807) is 0 Å². The zero-order chi connectivity index (χ0) is 15.1. The van der Waals surface area contributed by atoms with E-state index >= 15 is 0 Å². The molecular formula is C13H17N3O4S. The molecular weight excluding hydrogens is 294 g/mol. The van der Waals surface area contributed by atoms with Gasteiger partial charge in [-0.05, 0) is 30.9 Å². The highest BCUT2D eigenvalue weighted by atomic mass is 32.2. The standard InChI is InChI=1S/C13H17N3O4S/c17-16(18)11-2-1-3-12(8-11)21(19,20)15-7-5-13(10-15)4-6-14-9-13/h1-3,8,14H,4-7,9-10H2. The Bertz CT molecular complexity index is 668. The van der Waals surface area contributed by atoms with Crippen molar-refractivity contribution in [3.05, 3.63) is 34.4 Å². The molecule has 0 radical (unpaired) electrons. The highest BCUT2D eigenvalue weighted by Crippen LogP contribution is 2.38. The minimum absolute atomic E-state index is 0.000272. The molecule has 1 N–H and O–H groups in total. The van der Waals surface area contributed by atoms with Gasteiger partial charge in [0.05, 0.1) is 9.82 Å². The monoisotopic (exact) mass is 311 g/mol. The van der Waals surface area contributed by atoms with Crippen molar-refractivity contribution < 1.29 is 13.3 Å². The van der Waals surface area contributed by atoms with E-state index < -0.39 is 14.9 Å². The fourth-order valence-electron chi connectivity index (χ4n) is 3.15. The second-order valence-electron chi connectivity index (χ2n) is 5.77. The van der Waals surface area contributed by atoms with Crippen LogP contribution in [0, 0.1) is 15.5 Å². The quantitative estimate of drug-likeness (QED) is 0.663. The van der Waals surface area contributed by atoms with Gasteiger partial charge in [0.15, 0.2) is 0 Å². The lowest BCUT2D eigenvalue weighted by molar-refractivity contribution is -0.385. The summed E-state index contributed by atoms with van der Waals surface area (Å²) in [5.74, 6) is 0. The van der Waals surface area contributed by atoms with Crippen LogP contribution in [0.1, 0.15) is 12.8 Å². The molecule has 1 aromatic carbocycles. The van der Waals surface area contributed by atoms with Gasteiger partial charge in [-0.1, -0.05) is 6.07 Å². The lowest BCUT2D eigenvalue weighted by atomic mass is 9.87. The van der Waals surface area contributed by atoms with Gasteiger partial charge in [0, 0.05) is 31.8 Å². The van der Waals surface area contributed by atoms with Crippen LogP contribution >= 0.6 is 0 Å². The molecule has 0 bridgehead atoms. The number of benzene rings is 1. The summed E-state index contributed by atoms with van der Waals surface area (Å²) in [6, 6.07) is 5.26. The predicted octanol–water partition coefficient (Wildman–Crippen LogP) is 0.969. The zero-order valence-electron chi connectivity index (χ0n) is 11.5. The fraction of sp³-hybridized carbons (Fsp3) is 0.538. The summed E-state index contributed by atoms with van der Waals surface area (Å²) in [4.78, 5) is 10.2. The van der Waals surface area contributed by atoms with Gasteiger partial charge >= 0.3 is 0 Å². The Hall–Kier alpha value is -1.51. The van der Waals surface area contributed by atoms with Gasteiger partial charge in [0.1, 0.15) is 0 Å². The van der Waals surface area contributed by atoms with E-state index in [-0.39, 0.29) is 16.0 Å². The number of nitrogens with zero attached hydrogens (tertiary/aromatic N) is 2. The average molecular weight is 311 g/mol. The van der Waals surface area contributed by atoms with E-state index in [4.69, 9.17) is 0 Å². The largest absolute Gasteiger partial charge is 0.316 e. The van der Waals surface area contributed by atoms with Gasteiger partial charge in [-0.3, -0.25) is 10.1 Å². The zero-order valence-corrected chi connectivity index (χ0v) is 12.3. The number of nitro benzene ring substituents is 1. The van der Waals surface area contributed by atoms with Crippen molar-refractivity contribution in [2.45, 2.75) is 17.7 Å². The molecule has 114 valence electrons. The Morgan fingerprint density at radius 3 is 2.81 bits per heavy atom. The molecule has 2 aliphatic heterocycles. The maximum absolute atomic E-state index is 12.6. The van der Waals surface area contributed by atoms with Crippen LogP contribution in [-0.4, -0.2) is 43.8 Å². The van der Waals surface area contributed by atoms with Gasteiger partial charge < -0.3 is 5.32 Å². The fourth-order valence-corrected chi connectivity index (χ4v) is 4.74. The van der Waals surface area contributed by atoms with E-state index in [9.17, 15) is 18.5 Å².